The molecule has 0 saturated heterocycles. The average molecular weight is 430 g/mol. The van der Waals surface area contributed by atoms with Crippen LogP contribution in [0, 0.1) is 13.8 Å². The first-order valence-corrected chi connectivity index (χ1v) is 9.46. The van der Waals surface area contributed by atoms with E-state index in [0.29, 0.717) is 23.3 Å². The third kappa shape index (κ3) is 6.14. The molecule has 0 atom stereocenters. The Morgan fingerprint density at radius 1 is 0.968 bits per heavy atom. The number of hydrogen-bond donors (Lipinski definition) is 3. The molecule has 0 saturated carbocycles. The Hall–Kier alpha value is -3.69. The summed E-state index contributed by atoms with van der Waals surface area (Å²) < 4.78 is 39.2. The van der Waals surface area contributed by atoms with Crippen molar-refractivity contribution in [2.45, 2.75) is 20.0 Å². The van der Waals surface area contributed by atoms with Gasteiger partial charge in [-0.25, -0.2) is 15.0 Å². The van der Waals surface area contributed by atoms with Gasteiger partial charge in [0.1, 0.15) is 23.3 Å². The molecular formula is C21H21F3N6O. The predicted molar refractivity (Wildman–Crippen MR) is 111 cm³/mol. The number of nitrogens with one attached hydrogen (secondary N) is 3. The lowest BCUT2D eigenvalue weighted by Crippen LogP contribution is -2.30. The lowest BCUT2D eigenvalue weighted by Gasteiger charge is -2.13. The van der Waals surface area contributed by atoms with Gasteiger partial charge >= 0.3 is 6.18 Å². The molecule has 3 N–H and O–H groups in total. The molecule has 0 aliphatic rings. The van der Waals surface area contributed by atoms with Crippen LogP contribution < -0.4 is 16.0 Å². The summed E-state index contributed by atoms with van der Waals surface area (Å²) in [5.74, 6) is 1.41. The van der Waals surface area contributed by atoms with Gasteiger partial charge in [-0.1, -0.05) is 12.1 Å². The summed E-state index contributed by atoms with van der Waals surface area (Å²) in [6, 6.07) is 10.1. The number of amides is 1. The maximum atomic E-state index is 13.1. The molecule has 0 unspecified atom stereocenters. The van der Waals surface area contributed by atoms with Crippen LogP contribution in [0.5, 0.6) is 0 Å². The van der Waals surface area contributed by atoms with Crippen LogP contribution in [0.1, 0.15) is 27.3 Å². The molecule has 2 aromatic heterocycles. The monoisotopic (exact) mass is 430 g/mol. The molecule has 2 heterocycles. The van der Waals surface area contributed by atoms with Crippen LogP contribution in [0.2, 0.25) is 0 Å². The van der Waals surface area contributed by atoms with Crippen molar-refractivity contribution in [1.82, 2.24) is 20.3 Å². The van der Waals surface area contributed by atoms with Crippen LogP contribution in [-0.2, 0) is 6.18 Å². The van der Waals surface area contributed by atoms with Crippen molar-refractivity contribution in [2.24, 2.45) is 0 Å². The van der Waals surface area contributed by atoms with Gasteiger partial charge in [-0.3, -0.25) is 4.79 Å². The summed E-state index contributed by atoms with van der Waals surface area (Å²) in [7, 11) is 0. The van der Waals surface area contributed by atoms with E-state index in [1.165, 1.54) is 12.1 Å². The number of carbonyl (C=O) groups excluding carboxylic acids is 1. The predicted octanol–water partition coefficient (Wildman–Crippen LogP) is 4.09. The minimum Gasteiger partial charge on any atom is -0.368 e. The minimum atomic E-state index is -4.60. The molecule has 0 aliphatic heterocycles. The van der Waals surface area contributed by atoms with Crippen molar-refractivity contribution >= 4 is 23.4 Å². The number of hydrogen-bond acceptors (Lipinski definition) is 6. The van der Waals surface area contributed by atoms with Crippen molar-refractivity contribution in [3.63, 3.8) is 0 Å². The molecule has 0 radical (unpaired) electrons. The summed E-state index contributed by atoms with van der Waals surface area (Å²) in [5.41, 5.74) is -0.332. The van der Waals surface area contributed by atoms with Crippen molar-refractivity contribution in [3.05, 3.63) is 71.2 Å². The second-order valence-electron chi connectivity index (χ2n) is 6.76. The van der Waals surface area contributed by atoms with Gasteiger partial charge in [0.2, 0.25) is 0 Å². The van der Waals surface area contributed by atoms with Gasteiger partial charge < -0.3 is 16.0 Å². The highest BCUT2D eigenvalue weighted by Gasteiger charge is 2.34. The fraction of sp³-hybridized carbons (Fsp3) is 0.238. The molecule has 0 spiro atoms. The number of carbonyl (C=O) groups is 1. The topological polar surface area (TPSA) is 91.8 Å². The van der Waals surface area contributed by atoms with Crippen LogP contribution in [0.15, 0.2) is 48.7 Å². The van der Waals surface area contributed by atoms with E-state index in [1.807, 2.05) is 19.1 Å². The second kappa shape index (κ2) is 9.41. The molecule has 3 rings (SSSR count). The molecule has 3 aromatic rings. The quantitative estimate of drug-likeness (QED) is 0.489. The maximum Gasteiger partial charge on any atom is 0.417 e. The average Bonchev–Trinajstić information content (AvgIpc) is 2.70. The van der Waals surface area contributed by atoms with Crippen LogP contribution in [0.25, 0.3) is 0 Å². The number of pyridine rings is 1. The summed E-state index contributed by atoms with van der Waals surface area (Å²) in [6.07, 6.45) is -2.91. The summed E-state index contributed by atoms with van der Waals surface area (Å²) in [5, 5.41) is 8.61. The van der Waals surface area contributed by atoms with E-state index in [1.54, 1.807) is 19.2 Å². The Kier molecular flexibility index (Phi) is 6.68. The Balaban J connectivity index is 1.58. The summed E-state index contributed by atoms with van der Waals surface area (Å²) in [6.45, 7) is 4.05. The van der Waals surface area contributed by atoms with Gasteiger partial charge in [0.25, 0.3) is 5.91 Å². The number of nitrogens with zero attached hydrogens (tertiary/aromatic N) is 3. The lowest BCUT2D eigenvalue weighted by atomic mass is 10.1. The van der Waals surface area contributed by atoms with Crippen molar-refractivity contribution < 1.29 is 18.0 Å². The highest BCUT2D eigenvalue weighted by Crippen LogP contribution is 2.31. The van der Waals surface area contributed by atoms with E-state index in [4.69, 9.17) is 0 Å². The Morgan fingerprint density at radius 3 is 2.45 bits per heavy atom. The van der Waals surface area contributed by atoms with Gasteiger partial charge in [0.15, 0.2) is 0 Å². The zero-order valence-corrected chi connectivity index (χ0v) is 16.9. The minimum absolute atomic E-state index is 0.107. The van der Waals surface area contributed by atoms with E-state index < -0.39 is 23.2 Å². The van der Waals surface area contributed by atoms with Gasteiger partial charge in [-0.15, -0.1) is 0 Å². The first kappa shape index (κ1) is 22.0. The molecule has 0 fully saturated rings. The van der Waals surface area contributed by atoms with Gasteiger partial charge in [-0.2, -0.15) is 13.2 Å². The summed E-state index contributed by atoms with van der Waals surface area (Å²) >= 11 is 0. The summed E-state index contributed by atoms with van der Waals surface area (Å²) in [4.78, 5) is 25.0. The molecule has 1 amide bonds. The number of aromatic nitrogens is 3. The number of aryl methyl sites for hydroxylation is 2. The van der Waals surface area contributed by atoms with Crippen molar-refractivity contribution in [1.29, 1.82) is 0 Å². The Morgan fingerprint density at radius 2 is 1.71 bits per heavy atom. The number of anilines is 3. The van der Waals surface area contributed by atoms with Crippen molar-refractivity contribution in [3.8, 4) is 0 Å². The molecule has 31 heavy (non-hydrogen) atoms. The maximum absolute atomic E-state index is 13.1. The zero-order chi connectivity index (χ0) is 22.4. The molecule has 10 heteroatoms. The van der Waals surface area contributed by atoms with Crippen LogP contribution in [0.3, 0.4) is 0 Å². The number of benzene rings is 1. The largest absolute Gasteiger partial charge is 0.417 e. The third-order valence-electron chi connectivity index (χ3n) is 4.20. The Bertz CT molecular complexity index is 1070. The molecule has 1 aromatic carbocycles. The number of halogens is 3. The Labute approximate surface area is 177 Å². The molecule has 7 nitrogen and oxygen atoms in total. The SMILES string of the molecule is Cc1ccnc(Nc2cc(NCCNC(=O)c3ccccc3C(F)(F)F)nc(C)n2)c1. The molecular weight excluding hydrogens is 409 g/mol. The number of alkyl halides is 3. The van der Waals surface area contributed by atoms with Crippen LogP contribution in [-0.4, -0.2) is 33.9 Å². The van der Waals surface area contributed by atoms with Gasteiger partial charge in [0.05, 0.1) is 11.1 Å². The smallest absolute Gasteiger partial charge is 0.368 e. The molecule has 0 aliphatic carbocycles. The van der Waals surface area contributed by atoms with E-state index in [-0.39, 0.29) is 13.1 Å². The first-order valence-electron chi connectivity index (χ1n) is 9.46. The normalized spacial score (nSPS) is 11.1. The van der Waals surface area contributed by atoms with E-state index in [2.05, 4.69) is 30.9 Å². The standard InChI is InChI=1S/C21H21F3N6O/c1-13-7-8-25-17(11-13)30-19-12-18(28-14(2)29-19)26-9-10-27-20(31)15-5-3-4-6-16(15)21(22,23)24/h3-8,11-12H,9-10H2,1-2H3,(H,27,31)(H2,25,26,28,29,30). The second-order valence-corrected chi connectivity index (χ2v) is 6.76. The van der Waals surface area contributed by atoms with Crippen LogP contribution >= 0.6 is 0 Å². The van der Waals surface area contributed by atoms with Gasteiger partial charge in [-0.05, 0) is 43.7 Å². The fourth-order valence-corrected chi connectivity index (χ4v) is 2.85. The van der Waals surface area contributed by atoms with Crippen LogP contribution in [0.4, 0.5) is 30.6 Å². The van der Waals surface area contributed by atoms with E-state index in [0.717, 1.165) is 17.7 Å². The van der Waals surface area contributed by atoms with Gasteiger partial charge in [0, 0.05) is 25.4 Å². The number of rotatable bonds is 7. The molecule has 162 valence electrons. The van der Waals surface area contributed by atoms with Crippen molar-refractivity contribution in [2.75, 3.05) is 23.7 Å². The lowest BCUT2D eigenvalue weighted by molar-refractivity contribution is -0.137. The fourth-order valence-electron chi connectivity index (χ4n) is 2.85. The first-order chi connectivity index (χ1) is 14.7. The third-order valence-corrected chi connectivity index (χ3v) is 4.20. The highest BCUT2D eigenvalue weighted by atomic mass is 19.4. The van der Waals surface area contributed by atoms with E-state index in [9.17, 15) is 18.0 Å². The zero-order valence-electron chi connectivity index (χ0n) is 16.9. The van der Waals surface area contributed by atoms with E-state index >= 15 is 0 Å². The molecule has 0 bridgehead atoms. The highest BCUT2D eigenvalue weighted by molar-refractivity contribution is 5.95.